The van der Waals surface area contributed by atoms with Crippen molar-refractivity contribution in [2.75, 3.05) is 6.26 Å². The topological polar surface area (TPSA) is 0 Å². The van der Waals surface area contributed by atoms with E-state index in [-0.39, 0.29) is 10.8 Å². The maximum atomic E-state index is 13.0. The lowest BCUT2D eigenvalue weighted by Crippen LogP contribution is -1.96. The van der Waals surface area contributed by atoms with Gasteiger partial charge in [0.1, 0.15) is 11.6 Å². The second-order valence-electron chi connectivity index (χ2n) is 2.51. The molecule has 0 aliphatic heterocycles. The summed E-state index contributed by atoms with van der Waals surface area (Å²) in [6.45, 7) is 1.78. The molecule has 0 saturated carbocycles. The second-order valence-corrected chi connectivity index (χ2v) is 3.69. The molecule has 66 valence electrons. The first-order valence-electron chi connectivity index (χ1n) is 3.63. The molecule has 1 aromatic rings. The summed E-state index contributed by atoms with van der Waals surface area (Å²) in [5, 5.41) is -0.133. The number of thioether (sulfide) groups is 1. The van der Waals surface area contributed by atoms with Crippen molar-refractivity contribution < 1.29 is 8.78 Å². The predicted octanol–water partition coefficient (Wildman–Crippen LogP) is 3.39. The minimum atomic E-state index is -0.461. The molecule has 12 heavy (non-hydrogen) atoms. The fourth-order valence-corrected chi connectivity index (χ4v) is 1.48. The van der Waals surface area contributed by atoms with E-state index in [0.29, 0.717) is 0 Å². The first kappa shape index (κ1) is 9.52. The molecule has 1 rings (SSSR count). The van der Waals surface area contributed by atoms with Crippen molar-refractivity contribution in [1.29, 1.82) is 0 Å². The molecule has 1 atom stereocenters. The van der Waals surface area contributed by atoms with Gasteiger partial charge in [-0.3, -0.25) is 0 Å². The summed E-state index contributed by atoms with van der Waals surface area (Å²) in [6.07, 6.45) is 1.83. The Labute approximate surface area is 75.0 Å². The van der Waals surface area contributed by atoms with Crippen LogP contribution in [0.15, 0.2) is 18.2 Å². The highest BCUT2D eigenvalue weighted by Gasteiger charge is 2.13. The molecule has 1 unspecified atom stereocenters. The zero-order chi connectivity index (χ0) is 9.14. The van der Waals surface area contributed by atoms with E-state index in [2.05, 4.69) is 0 Å². The Morgan fingerprint density at radius 2 is 1.75 bits per heavy atom. The molecule has 3 heteroatoms. The number of benzene rings is 1. The van der Waals surface area contributed by atoms with Gasteiger partial charge in [-0.05, 0) is 25.3 Å². The molecule has 0 fully saturated rings. The van der Waals surface area contributed by atoms with Crippen LogP contribution in [0.5, 0.6) is 0 Å². The van der Waals surface area contributed by atoms with Crippen molar-refractivity contribution in [2.45, 2.75) is 12.2 Å². The minimum Gasteiger partial charge on any atom is -0.207 e. The number of hydrogen-bond acceptors (Lipinski definition) is 1. The van der Waals surface area contributed by atoms with E-state index in [1.165, 1.54) is 30.0 Å². The van der Waals surface area contributed by atoms with Gasteiger partial charge in [0, 0.05) is 10.8 Å². The molecular weight excluding hydrogens is 178 g/mol. The zero-order valence-corrected chi connectivity index (χ0v) is 7.79. The van der Waals surface area contributed by atoms with Crippen LogP contribution in [-0.4, -0.2) is 6.26 Å². The minimum absolute atomic E-state index is 0.133. The van der Waals surface area contributed by atoms with Crippen LogP contribution in [0.1, 0.15) is 17.7 Å². The fraction of sp³-hybridized carbons (Fsp3) is 0.333. The molecule has 0 N–H and O–H groups in total. The quantitative estimate of drug-likeness (QED) is 0.685. The molecule has 0 nitrogen and oxygen atoms in total. The van der Waals surface area contributed by atoms with Crippen LogP contribution in [-0.2, 0) is 0 Å². The first-order chi connectivity index (χ1) is 5.66. The van der Waals surface area contributed by atoms with Gasteiger partial charge in [-0.25, -0.2) is 8.78 Å². The van der Waals surface area contributed by atoms with Crippen molar-refractivity contribution in [2.24, 2.45) is 0 Å². The Morgan fingerprint density at radius 3 is 2.17 bits per heavy atom. The highest BCUT2D eigenvalue weighted by Crippen LogP contribution is 2.29. The summed E-state index contributed by atoms with van der Waals surface area (Å²) in [5.74, 6) is -0.922. The number of rotatable bonds is 2. The summed E-state index contributed by atoms with van der Waals surface area (Å²) >= 11 is 1.43. The van der Waals surface area contributed by atoms with Crippen LogP contribution >= 0.6 is 11.8 Å². The predicted molar refractivity (Wildman–Crippen MR) is 48.3 cm³/mol. The SMILES string of the molecule is CSC(C)c1c(F)cccc1F. The molecule has 0 spiro atoms. The van der Waals surface area contributed by atoms with E-state index >= 15 is 0 Å². The maximum Gasteiger partial charge on any atom is 0.130 e. The Bertz CT molecular complexity index is 253. The van der Waals surface area contributed by atoms with Gasteiger partial charge in [-0.15, -0.1) is 0 Å². The highest BCUT2D eigenvalue weighted by molar-refractivity contribution is 7.98. The zero-order valence-electron chi connectivity index (χ0n) is 6.97. The number of halogens is 2. The van der Waals surface area contributed by atoms with Crippen LogP contribution in [0, 0.1) is 11.6 Å². The Hall–Kier alpha value is -0.570. The molecule has 0 amide bonds. The summed E-state index contributed by atoms with van der Waals surface area (Å²) in [5.41, 5.74) is 0.171. The van der Waals surface area contributed by atoms with Crippen LogP contribution in [0.25, 0.3) is 0 Å². The van der Waals surface area contributed by atoms with E-state index in [1.807, 2.05) is 6.26 Å². The summed E-state index contributed by atoms with van der Waals surface area (Å²) in [4.78, 5) is 0. The molecule has 0 radical (unpaired) electrons. The first-order valence-corrected chi connectivity index (χ1v) is 4.92. The fourth-order valence-electron chi connectivity index (χ4n) is 1.02. The Balaban J connectivity index is 3.12. The van der Waals surface area contributed by atoms with Crippen LogP contribution < -0.4 is 0 Å². The molecular formula is C9H10F2S. The molecule has 0 heterocycles. The van der Waals surface area contributed by atoms with Gasteiger partial charge in [0.2, 0.25) is 0 Å². The van der Waals surface area contributed by atoms with Crippen molar-refractivity contribution in [3.63, 3.8) is 0 Å². The summed E-state index contributed by atoms with van der Waals surface area (Å²) in [7, 11) is 0. The Kier molecular flexibility index (Phi) is 3.09. The van der Waals surface area contributed by atoms with E-state index in [0.717, 1.165) is 0 Å². The van der Waals surface area contributed by atoms with E-state index < -0.39 is 11.6 Å². The van der Waals surface area contributed by atoms with Gasteiger partial charge < -0.3 is 0 Å². The van der Waals surface area contributed by atoms with Gasteiger partial charge in [-0.2, -0.15) is 11.8 Å². The van der Waals surface area contributed by atoms with Gasteiger partial charge >= 0.3 is 0 Å². The standard InChI is InChI=1S/C9H10F2S/c1-6(12-2)9-7(10)4-3-5-8(9)11/h3-6H,1-2H3. The molecule has 0 aliphatic carbocycles. The third-order valence-corrected chi connectivity index (χ3v) is 2.70. The molecule has 0 bridgehead atoms. The van der Waals surface area contributed by atoms with Crippen molar-refractivity contribution in [1.82, 2.24) is 0 Å². The van der Waals surface area contributed by atoms with Crippen LogP contribution in [0.4, 0.5) is 8.78 Å². The van der Waals surface area contributed by atoms with Crippen molar-refractivity contribution in [3.8, 4) is 0 Å². The van der Waals surface area contributed by atoms with Gasteiger partial charge in [-0.1, -0.05) is 6.07 Å². The van der Waals surface area contributed by atoms with E-state index in [4.69, 9.17) is 0 Å². The second kappa shape index (κ2) is 3.90. The normalized spacial score (nSPS) is 13.0. The highest BCUT2D eigenvalue weighted by atomic mass is 32.2. The number of hydrogen-bond donors (Lipinski definition) is 0. The monoisotopic (exact) mass is 188 g/mol. The lowest BCUT2D eigenvalue weighted by atomic mass is 10.1. The molecule has 1 aromatic carbocycles. The average Bonchev–Trinajstić information content (AvgIpc) is 2.03. The summed E-state index contributed by atoms with van der Waals surface area (Å²) < 4.78 is 26.1. The van der Waals surface area contributed by atoms with Crippen LogP contribution in [0.3, 0.4) is 0 Å². The molecule has 0 aromatic heterocycles. The van der Waals surface area contributed by atoms with Crippen molar-refractivity contribution in [3.05, 3.63) is 35.4 Å². The molecule has 0 aliphatic rings. The lowest BCUT2D eigenvalue weighted by Gasteiger charge is -2.10. The average molecular weight is 188 g/mol. The smallest absolute Gasteiger partial charge is 0.130 e. The van der Waals surface area contributed by atoms with Crippen LogP contribution in [0.2, 0.25) is 0 Å². The van der Waals surface area contributed by atoms with E-state index in [1.54, 1.807) is 6.92 Å². The molecule has 0 saturated heterocycles. The third-order valence-electron chi connectivity index (χ3n) is 1.76. The summed E-state index contributed by atoms with van der Waals surface area (Å²) in [6, 6.07) is 3.94. The van der Waals surface area contributed by atoms with E-state index in [9.17, 15) is 8.78 Å². The Morgan fingerprint density at radius 1 is 1.25 bits per heavy atom. The van der Waals surface area contributed by atoms with Gasteiger partial charge in [0.05, 0.1) is 0 Å². The lowest BCUT2D eigenvalue weighted by molar-refractivity contribution is 0.557. The third kappa shape index (κ3) is 1.78. The largest absolute Gasteiger partial charge is 0.207 e. The maximum absolute atomic E-state index is 13.0. The van der Waals surface area contributed by atoms with Gasteiger partial charge in [0.15, 0.2) is 0 Å². The van der Waals surface area contributed by atoms with Gasteiger partial charge in [0.25, 0.3) is 0 Å². The van der Waals surface area contributed by atoms with Crippen molar-refractivity contribution >= 4 is 11.8 Å².